The van der Waals surface area contributed by atoms with Gasteiger partial charge in [0.1, 0.15) is 12.3 Å². The summed E-state index contributed by atoms with van der Waals surface area (Å²) in [5, 5.41) is -0.541. The van der Waals surface area contributed by atoms with Crippen LogP contribution in [0.4, 0.5) is 14.5 Å². The Morgan fingerprint density at radius 3 is 2.45 bits per heavy atom. The molecule has 172 valence electrons. The van der Waals surface area contributed by atoms with Crippen molar-refractivity contribution in [1.82, 2.24) is 4.98 Å². The van der Waals surface area contributed by atoms with Gasteiger partial charge in [-0.1, -0.05) is 35.3 Å². The molecule has 0 radical (unpaired) electrons. The lowest BCUT2D eigenvalue weighted by atomic mass is 10.1. The fourth-order valence-electron chi connectivity index (χ4n) is 2.90. The minimum Gasteiger partial charge on any atom is -0.492 e. The number of rotatable bonds is 6. The van der Waals surface area contributed by atoms with Gasteiger partial charge in [0.05, 0.1) is 35.5 Å². The van der Waals surface area contributed by atoms with Gasteiger partial charge in [0.25, 0.3) is 0 Å². The van der Waals surface area contributed by atoms with Gasteiger partial charge in [-0.05, 0) is 29.8 Å². The van der Waals surface area contributed by atoms with Gasteiger partial charge in [0.2, 0.25) is 0 Å². The minimum absolute atomic E-state index is 0.0464. The Labute approximate surface area is 197 Å². The highest BCUT2D eigenvalue weighted by Gasteiger charge is 2.26. The SMILES string of the molecule is COC(=O)c1cccc(COC(=O)c2nc(-c3ccc(Cl)c(OC)c3F)c(F)c(N)c2Cl)c1. The number of carbonyl (C=O) groups is 2. The molecule has 0 aliphatic heterocycles. The first kappa shape index (κ1) is 24.2. The number of hydrogen-bond acceptors (Lipinski definition) is 7. The van der Waals surface area contributed by atoms with E-state index in [4.69, 9.17) is 38.4 Å². The lowest BCUT2D eigenvalue weighted by molar-refractivity contribution is 0.0466. The molecule has 1 aromatic heterocycles. The van der Waals surface area contributed by atoms with Crippen molar-refractivity contribution in [1.29, 1.82) is 0 Å². The molecule has 0 unspecified atom stereocenters. The van der Waals surface area contributed by atoms with Crippen LogP contribution in [-0.2, 0) is 16.1 Å². The van der Waals surface area contributed by atoms with E-state index in [2.05, 4.69) is 9.72 Å². The van der Waals surface area contributed by atoms with Gasteiger partial charge < -0.3 is 19.9 Å². The van der Waals surface area contributed by atoms with Crippen LogP contribution in [0.2, 0.25) is 10.0 Å². The molecular weight excluding hydrogens is 481 g/mol. The van der Waals surface area contributed by atoms with Crippen molar-refractivity contribution in [2.45, 2.75) is 6.61 Å². The highest BCUT2D eigenvalue weighted by atomic mass is 35.5. The zero-order chi connectivity index (χ0) is 24.3. The number of benzene rings is 2. The number of carbonyl (C=O) groups excluding carboxylic acids is 2. The predicted molar refractivity (Wildman–Crippen MR) is 117 cm³/mol. The van der Waals surface area contributed by atoms with Crippen molar-refractivity contribution < 1.29 is 32.6 Å². The number of aromatic nitrogens is 1. The molecule has 0 bridgehead atoms. The fraction of sp³-hybridized carbons (Fsp3) is 0.136. The first-order valence-corrected chi connectivity index (χ1v) is 9.96. The molecule has 11 heteroatoms. The number of ether oxygens (including phenoxy) is 3. The molecule has 0 saturated carbocycles. The van der Waals surface area contributed by atoms with Crippen molar-refractivity contribution in [3.8, 4) is 17.0 Å². The van der Waals surface area contributed by atoms with Crippen LogP contribution in [0.1, 0.15) is 26.4 Å². The van der Waals surface area contributed by atoms with E-state index in [1.165, 1.54) is 32.4 Å². The summed E-state index contributed by atoms with van der Waals surface area (Å²) in [6.45, 7) is -0.266. The molecule has 0 fully saturated rings. The summed E-state index contributed by atoms with van der Waals surface area (Å²) in [5.74, 6) is -4.08. The zero-order valence-electron chi connectivity index (χ0n) is 17.2. The van der Waals surface area contributed by atoms with E-state index in [9.17, 15) is 18.4 Å². The van der Waals surface area contributed by atoms with E-state index in [-0.39, 0.29) is 28.5 Å². The van der Waals surface area contributed by atoms with Crippen LogP contribution in [0.15, 0.2) is 36.4 Å². The number of esters is 2. The lowest BCUT2D eigenvalue weighted by Crippen LogP contribution is -2.13. The van der Waals surface area contributed by atoms with Crippen LogP contribution in [-0.4, -0.2) is 31.1 Å². The summed E-state index contributed by atoms with van der Waals surface area (Å²) in [6, 6.07) is 8.61. The number of anilines is 1. The highest BCUT2D eigenvalue weighted by molar-refractivity contribution is 6.36. The van der Waals surface area contributed by atoms with Crippen LogP contribution in [0, 0.1) is 11.6 Å². The number of pyridine rings is 1. The topological polar surface area (TPSA) is 101 Å². The molecule has 0 spiro atoms. The van der Waals surface area contributed by atoms with E-state index in [0.717, 1.165) is 6.07 Å². The molecular formula is C22H16Cl2F2N2O5. The fourth-order valence-corrected chi connectivity index (χ4v) is 3.33. The van der Waals surface area contributed by atoms with Crippen LogP contribution < -0.4 is 10.5 Å². The highest BCUT2D eigenvalue weighted by Crippen LogP contribution is 2.38. The quantitative estimate of drug-likeness (QED) is 0.475. The summed E-state index contributed by atoms with van der Waals surface area (Å²) >= 11 is 11.9. The Hall–Kier alpha value is -3.43. The average molecular weight is 497 g/mol. The summed E-state index contributed by atoms with van der Waals surface area (Å²) in [6.07, 6.45) is 0. The minimum atomic E-state index is -1.13. The normalized spacial score (nSPS) is 10.6. The third kappa shape index (κ3) is 4.84. The Morgan fingerprint density at radius 1 is 1.06 bits per heavy atom. The van der Waals surface area contributed by atoms with Gasteiger partial charge in [0, 0.05) is 5.56 Å². The molecule has 3 rings (SSSR count). The molecule has 0 amide bonds. The number of hydrogen-bond donors (Lipinski definition) is 1. The summed E-state index contributed by atoms with van der Waals surface area (Å²) in [7, 11) is 2.42. The maximum absolute atomic E-state index is 14.8. The molecule has 0 saturated heterocycles. The van der Waals surface area contributed by atoms with E-state index in [1.54, 1.807) is 12.1 Å². The predicted octanol–water partition coefficient (Wildman–Crippen LogP) is 5.07. The van der Waals surface area contributed by atoms with Gasteiger partial charge in [0.15, 0.2) is 23.1 Å². The Morgan fingerprint density at radius 2 is 1.79 bits per heavy atom. The van der Waals surface area contributed by atoms with Crippen LogP contribution >= 0.6 is 23.2 Å². The second-order valence-electron chi connectivity index (χ2n) is 6.56. The summed E-state index contributed by atoms with van der Waals surface area (Å²) in [5.41, 5.74) is 4.34. The van der Waals surface area contributed by atoms with E-state index in [0.29, 0.717) is 5.56 Å². The molecule has 33 heavy (non-hydrogen) atoms. The number of nitrogens with two attached hydrogens (primary N) is 1. The van der Waals surface area contributed by atoms with Gasteiger partial charge in [-0.25, -0.2) is 23.4 Å². The molecule has 2 aromatic carbocycles. The van der Waals surface area contributed by atoms with E-state index < -0.39 is 45.7 Å². The number of nitrogens with zero attached hydrogens (tertiary/aromatic N) is 1. The third-order valence-electron chi connectivity index (χ3n) is 4.53. The summed E-state index contributed by atoms with van der Waals surface area (Å²) < 4.78 is 44.4. The Balaban J connectivity index is 1.96. The maximum Gasteiger partial charge on any atom is 0.358 e. The first-order chi connectivity index (χ1) is 15.7. The van der Waals surface area contributed by atoms with Crippen molar-refractivity contribution in [2.24, 2.45) is 0 Å². The smallest absolute Gasteiger partial charge is 0.358 e. The van der Waals surface area contributed by atoms with Gasteiger partial charge in [-0.2, -0.15) is 0 Å². The third-order valence-corrected chi connectivity index (χ3v) is 5.21. The number of halogens is 4. The lowest BCUT2D eigenvalue weighted by Gasteiger charge is -2.14. The Bertz CT molecular complexity index is 1250. The molecule has 0 aliphatic rings. The van der Waals surface area contributed by atoms with Gasteiger partial charge in [-0.3, -0.25) is 0 Å². The van der Waals surface area contributed by atoms with E-state index in [1.807, 2.05) is 0 Å². The van der Waals surface area contributed by atoms with Crippen LogP contribution in [0.3, 0.4) is 0 Å². The van der Waals surface area contributed by atoms with Crippen molar-refractivity contribution in [3.05, 3.63) is 74.9 Å². The summed E-state index contributed by atoms with van der Waals surface area (Å²) in [4.78, 5) is 28.2. The molecule has 0 aliphatic carbocycles. The van der Waals surface area contributed by atoms with E-state index >= 15 is 0 Å². The first-order valence-electron chi connectivity index (χ1n) is 9.20. The molecule has 1 heterocycles. The maximum atomic E-state index is 14.8. The van der Waals surface area contributed by atoms with Crippen LogP contribution in [0.5, 0.6) is 5.75 Å². The standard InChI is InChI=1S/C22H16Cl2F2N2O5/c1-31-20-13(23)7-6-12(15(20)25)18-16(26)17(27)14(24)19(28-18)22(30)33-9-10-4-3-5-11(8-10)21(29)32-2/h3-8H,9H2,1-2H3,(H2,27,28). The van der Waals surface area contributed by atoms with Gasteiger partial charge in [-0.15, -0.1) is 0 Å². The van der Waals surface area contributed by atoms with Crippen molar-refractivity contribution in [3.63, 3.8) is 0 Å². The number of methoxy groups -OCH3 is 2. The van der Waals surface area contributed by atoms with Crippen molar-refractivity contribution >= 4 is 40.8 Å². The monoisotopic (exact) mass is 496 g/mol. The van der Waals surface area contributed by atoms with Crippen LogP contribution in [0.25, 0.3) is 11.3 Å². The second-order valence-corrected chi connectivity index (χ2v) is 7.35. The molecule has 0 atom stereocenters. The Kier molecular flexibility index (Phi) is 7.35. The largest absolute Gasteiger partial charge is 0.492 e. The number of nitrogen functional groups attached to an aromatic ring is 1. The molecule has 2 N–H and O–H groups in total. The zero-order valence-corrected chi connectivity index (χ0v) is 18.8. The molecule has 7 nitrogen and oxygen atoms in total. The second kappa shape index (κ2) is 10.0. The molecule has 3 aromatic rings. The van der Waals surface area contributed by atoms with Gasteiger partial charge >= 0.3 is 11.9 Å². The average Bonchev–Trinajstić information content (AvgIpc) is 2.82. The van der Waals surface area contributed by atoms with Crippen molar-refractivity contribution in [2.75, 3.05) is 20.0 Å².